The van der Waals surface area contributed by atoms with Gasteiger partial charge in [0.15, 0.2) is 5.78 Å². The number of hydrogen-bond donors (Lipinski definition) is 1. The maximum absolute atomic E-state index is 11.6. The molecule has 1 aliphatic heterocycles. The molecule has 4 heteroatoms. The molecule has 0 spiro atoms. The van der Waals surface area contributed by atoms with Gasteiger partial charge in [-0.15, -0.1) is 0 Å². The monoisotopic (exact) mass is 182 g/mol. The van der Waals surface area contributed by atoms with Crippen LogP contribution >= 0.6 is 11.5 Å². The molecule has 2 rings (SSSR count). The van der Waals surface area contributed by atoms with Crippen molar-refractivity contribution in [1.82, 2.24) is 9.69 Å². The van der Waals surface area contributed by atoms with Crippen molar-refractivity contribution >= 4 is 17.3 Å². The normalized spacial score (nSPS) is 17.4. The minimum atomic E-state index is 0.199. The molecular formula is C8H10N2OS. The molecule has 1 N–H and O–H groups in total. The van der Waals surface area contributed by atoms with E-state index in [0.29, 0.717) is 0 Å². The summed E-state index contributed by atoms with van der Waals surface area (Å²) < 4.78 is 4.08. The van der Waals surface area contributed by atoms with Crippen LogP contribution in [0.5, 0.6) is 0 Å². The zero-order valence-electron chi connectivity index (χ0n) is 6.83. The summed E-state index contributed by atoms with van der Waals surface area (Å²) in [6.07, 6.45) is 0. The number of carbonyl (C=O) groups is 1. The van der Waals surface area contributed by atoms with E-state index in [-0.39, 0.29) is 11.7 Å². The quantitative estimate of drug-likeness (QED) is 0.689. The van der Waals surface area contributed by atoms with Gasteiger partial charge in [0.2, 0.25) is 0 Å². The SMILES string of the molecule is Cc1cc(C(=O)C2CNC2)sn1. The standard InChI is InChI=1S/C8H10N2OS/c1-5-2-7(12-10-5)8(11)6-3-9-4-6/h2,6,9H,3-4H2,1H3. The Bertz CT molecular complexity index is 304. The van der Waals surface area contributed by atoms with Crippen LogP contribution in [0.3, 0.4) is 0 Å². The molecule has 0 saturated carbocycles. The van der Waals surface area contributed by atoms with Crippen LogP contribution in [0.25, 0.3) is 0 Å². The second-order valence-corrected chi connectivity index (χ2v) is 3.86. The highest BCUT2D eigenvalue weighted by Crippen LogP contribution is 2.17. The Morgan fingerprint density at radius 2 is 2.50 bits per heavy atom. The van der Waals surface area contributed by atoms with E-state index in [1.165, 1.54) is 11.5 Å². The molecule has 2 heterocycles. The fourth-order valence-corrected chi connectivity index (χ4v) is 1.93. The number of aromatic nitrogens is 1. The predicted molar refractivity (Wildman–Crippen MR) is 47.5 cm³/mol. The topological polar surface area (TPSA) is 42.0 Å². The second kappa shape index (κ2) is 2.95. The van der Waals surface area contributed by atoms with E-state index in [4.69, 9.17) is 0 Å². The molecule has 64 valence electrons. The molecule has 0 aromatic carbocycles. The van der Waals surface area contributed by atoms with Crippen molar-refractivity contribution in [1.29, 1.82) is 0 Å². The lowest BCUT2D eigenvalue weighted by Gasteiger charge is -2.24. The Labute approximate surface area is 75.0 Å². The third-order valence-corrected chi connectivity index (χ3v) is 2.92. The second-order valence-electron chi connectivity index (χ2n) is 3.05. The first kappa shape index (κ1) is 7.89. The van der Waals surface area contributed by atoms with Crippen LogP contribution in [0.4, 0.5) is 0 Å². The van der Waals surface area contributed by atoms with Crippen LogP contribution in [0.2, 0.25) is 0 Å². The van der Waals surface area contributed by atoms with Gasteiger partial charge in [-0.25, -0.2) is 0 Å². The van der Waals surface area contributed by atoms with Gasteiger partial charge in [0.25, 0.3) is 0 Å². The summed E-state index contributed by atoms with van der Waals surface area (Å²) in [5.41, 5.74) is 0.940. The van der Waals surface area contributed by atoms with Gasteiger partial charge in [0.1, 0.15) is 0 Å². The summed E-state index contributed by atoms with van der Waals surface area (Å²) in [5, 5.41) is 3.08. The number of rotatable bonds is 2. The van der Waals surface area contributed by atoms with Gasteiger partial charge >= 0.3 is 0 Å². The minimum Gasteiger partial charge on any atom is -0.315 e. The third kappa shape index (κ3) is 1.28. The zero-order valence-corrected chi connectivity index (χ0v) is 7.65. The lowest BCUT2D eigenvalue weighted by Crippen LogP contribution is -2.46. The first-order valence-electron chi connectivity index (χ1n) is 3.95. The Balaban J connectivity index is 2.13. The van der Waals surface area contributed by atoms with Crippen molar-refractivity contribution in [2.45, 2.75) is 6.92 Å². The van der Waals surface area contributed by atoms with Crippen LogP contribution < -0.4 is 5.32 Å². The van der Waals surface area contributed by atoms with E-state index >= 15 is 0 Å². The molecule has 0 amide bonds. The molecule has 1 saturated heterocycles. The van der Waals surface area contributed by atoms with Gasteiger partial charge in [-0.05, 0) is 24.5 Å². The van der Waals surface area contributed by atoms with Crippen LogP contribution in [-0.2, 0) is 0 Å². The van der Waals surface area contributed by atoms with E-state index in [1.807, 2.05) is 13.0 Å². The summed E-state index contributed by atoms with van der Waals surface area (Å²) in [4.78, 5) is 12.4. The fourth-order valence-electron chi connectivity index (χ4n) is 1.15. The highest BCUT2D eigenvalue weighted by atomic mass is 32.1. The van der Waals surface area contributed by atoms with E-state index < -0.39 is 0 Å². The Morgan fingerprint density at radius 3 is 2.92 bits per heavy atom. The number of nitrogens with one attached hydrogen (secondary N) is 1. The highest BCUT2D eigenvalue weighted by molar-refractivity contribution is 7.08. The number of hydrogen-bond acceptors (Lipinski definition) is 4. The van der Waals surface area contributed by atoms with Gasteiger partial charge in [-0.1, -0.05) is 0 Å². The molecule has 0 atom stereocenters. The van der Waals surface area contributed by atoms with Crippen molar-refractivity contribution < 1.29 is 4.79 Å². The number of ketones is 1. The van der Waals surface area contributed by atoms with Gasteiger partial charge in [-0.3, -0.25) is 4.79 Å². The van der Waals surface area contributed by atoms with Crippen molar-refractivity contribution in [2.24, 2.45) is 5.92 Å². The van der Waals surface area contributed by atoms with Crippen LogP contribution in [-0.4, -0.2) is 23.2 Å². The van der Waals surface area contributed by atoms with E-state index in [0.717, 1.165) is 23.7 Å². The Morgan fingerprint density at radius 1 is 1.75 bits per heavy atom. The summed E-state index contributed by atoms with van der Waals surface area (Å²) >= 11 is 1.31. The van der Waals surface area contributed by atoms with Gasteiger partial charge < -0.3 is 5.32 Å². The van der Waals surface area contributed by atoms with Gasteiger partial charge in [0, 0.05) is 19.0 Å². The Kier molecular flexibility index (Phi) is 1.94. The third-order valence-electron chi connectivity index (χ3n) is 2.02. The largest absolute Gasteiger partial charge is 0.315 e. The molecule has 1 aliphatic rings. The lowest BCUT2D eigenvalue weighted by atomic mass is 9.97. The number of aryl methyl sites for hydroxylation is 1. The highest BCUT2D eigenvalue weighted by Gasteiger charge is 2.26. The molecular weight excluding hydrogens is 172 g/mol. The van der Waals surface area contributed by atoms with E-state index in [9.17, 15) is 4.79 Å². The van der Waals surface area contributed by atoms with Gasteiger partial charge in [-0.2, -0.15) is 4.37 Å². The smallest absolute Gasteiger partial charge is 0.180 e. The molecule has 3 nitrogen and oxygen atoms in total. The molecule has 0 unspecified atom stereocenters. The van der Waals surface area contributed by atoms with Crippen LogP contribution in [0, 0.1) is 12.8 Å². The van der Waals surface area contributed by atoms with Crippen LogP contribution in [0.15, 0.2) is 6.07 Å². The molecule has 0 radical (unpaired) electrons. The maximum atomic E-state index is 11.6. The summed E-state index contributed by atoms with van der Waals surface area (Å²) in [5.74, 6) is 0.448. The molecule has 1 fully saturated rings. The first-order chi connectivity index (χ1) is 5.77. The first-order valence-corrected chi connectivity index (χ1v) is 4.73. The Hall–Kier alpha value is -0.740. The van der Waals surface area contributed by atoms with Crippen LogP contribution in [0.1, 0.15) is 15.4 Å². The summed E-state index contributed by atoms with van der Waals surface area (Å²) in [7, 11) is 0. The maximum Gasteiger partial charge on any atom is 0.180 e. The predicted octanol–water partition coefficient (Wildman–Crippen LogP) is 0.854. The number of nitrogens with zero attached hydrogens (tertiary/aromatic N) is 1. The summed E-state index contributed by atoms with van der Waals surface area (Å²) in [6.45, 7) is 3.57. The van der Waals surface area contributed by atoms with Crippen molar-refractivity contribution in [3.05, 3.63) is 16.6 Å². The zero-order chi connectivity index (χ0) is 8.55. The molecule has 0 bridgehead atoms. The van der Waals surface area contributed by atoms with E-state index in [2.05, 4.69) is 9.69 Å². The van der Waals surface area contributed by atoms with E-state index in [1.54, 1.807) is 0 Å². The number of Topliss-reactive ketones (excluding diaryl/α,β-unsaturated/α-hetero) is 1. The minimum absolute atomic E-state index is 0.199. The molecule has 1 aromatic heterocycles. The average Bonchev–Trinajstić information content (AvgIpc) is 2.31. The molecule has 0 aliphatic carbocycles. The average molecular weight is 182 g/mol. The molecule has 1 aromatic rings. The van der Waals surface area contributed by atoms with Crippen molar-refractivity contribution in [3.8, 4) is 0 Å². The van der Waals surface area contributed by atoms with Gasteiger partial charge in [0.05, 0.1) is 10.6 Å². The molecule has 12 heavy (non-hydrogen) atoms. The van der Waals surface area contributed by atoms with Crippen molar-refractivity contribution in [3.63, 3.8) is 0 Å². The van der Waals surface area contributed by atoms with Crippen molar-refractivity contribution in [2.75, 3.05) is 13.1 Å². The fraction of sp³-hybridized carbons (Fsp3) is 0.500. The summed E-state index contributed by atoms with van der Waals surface area (Å²) in [6, 6.07) is 1.87. The lowest BCUT2D eigenvalue weighted by molar-refractivity contribution is 0.0882. The number of carbonyl (C=O) groups excluding carboxylic acids is 1.